The first-order chi connectivity index (χ1) is 12.6. The van der Waals surface area contributed by atoms with E-state index in [9.17, 15) is 9.59 Å². The van der Waals surface area contributed by atoms with E-state index in [0.29, 0.717) is 17.1 Å². The number of benzene rings is 2. The normalized spacial score (nSPS) is 10.7. The summed E-state index contributed by atoms with van der Waals surface area (Å²) < 4.78 is 6.67. The number of furan rings is 1. The Labute approximate surface area is 158 Å². The van der Waals surface area contributed by atoms with Crippen molar-refractivity contribution in [3.63, 3.8) is 0 Å². The Morgan fingerprint density at radius 1 is 0.885 bits per heavy atom. The molecule has 0 saturated carbocycles. The van der Waals surface area contributed by atoms with E-state index in [1.165, 1.54) is 12.2 Å². The summed E-state index contributed by atoms with van der Waals surface area (Å²) in [6, 6.07) is 19.9. The van der Waals surface area contributed by atoms with Gasteiger partial charge in [0.25, 0.3) is 11.8 Å². The Balaban J connectivity index is 1.55. The molecular weight excluding hydrogens is 396 g/mol. The molecule has 0 aliphatic carbocycles. The van der Waals surface area contributed by atoms with Gasteiger partial charge in [0, 0.05) is 21.7 Å². The minimum atomic E-state index is -0.462. The second-order valence-corrected chi connectivity index (χ2v) is 6.27. The van der Waals surface area contributed by atoms with Crippen molar-refractivity contribution in [2.45, 2.75) is 0 Å². The average Bonchev–Trinajstić information content (AvgIpc) is 3.14. The summed E-state index contributed by atoms with van der Waals surface area (Å²) in [7, 11) is 0. The Bertz CT molecular complexity index is 931. The molecule has 1 aromatic heterocycles. The molecule has 26 heavy (non-hydrogen) atoms. The number of carbonyl (C=O) groups is 2. The van der Waals surface area contributed by atoms with Gasteiger partial charge in [-0.15, -0.1) is 0 Å². The van der Waals surface area contributed by atoms with Crippen LogP contribution < -0.4 is 10.9 Å². The molecule has 2 aromatic carbocycles. The van der Waals surface area contributed by atoms with E-state index in [-0.39, 0.29) is 5.91 Å². The van der Waals surface area contributed by atoms with Gasteiger partial charge in [0.15, 0.2) is 0 Å². The van der Waals surface area contributed by atoms with Gasteiger partial charge in [0.1, 0.15) is 11.5 Å². The summed E-state index contributed by atoms with van der Waals surface area (Å²) in [4.78, 5) is 23.6. The minimum Gasteiger partial charge on any atom is -0.457 e. The zero-order valence-electron chi connectivity index (χ0n) is 13.6. The number of hydrazine groups is 1. The van der Waals surface area contributed by atoms with Crippen LogP contribution in [0.4, 0.5) is 0 Å². The molecule has 0 unspecified atom stereocenters. The molecule has 0 aliphatic rings. The molecule has 0 aliphatic heterocycles. The van der Waals surface area contributed by atoms with Crippen LogP contribution in [-0.2, 0) is 4.79 Å². The maximum absolute atomic E-state index is 11.8. The standard InChI is InChI=1S/C20H15BrN2O3/c21-16-8-6-14(7-9-16)18-12-10-17(26-18)11-13-19(24)22-23-20(25)15-4-2-1-3-5-15/h1-13H,(H,22,24)(H,23,25)/b13-11+. The van der Waals surface area contributed by atoms with Crippen LogP contribution in [0.25, 0.3) is 17.4 Å². The van der Waals surface area contributed by atoms with Crippen LogP contribution in [0.1, 0.15) is 16.1 Å². The Hall–Kier alpha value is -3.12. The molecule has 0 fully saturated rings. The van der Waals surface area contributed by atoms with Crippen LogP contribution in [-0.4, -0.2) is 11.8 Å². The molecule has 0 spiro atoms. The monoisotopic (exact) mass is 410 g/mol. The molecule has 0 bridgehead atoms. The summed E-state index contributed by atoms with van der Waals surface area (Å²) in [5.74, 6) is 0.390. The molecule has 2 N–H and O–H groups in total. The third-order valence-electron chi connectivity index (χ3n) is 3.49. The van der Waals surface area contributed by atoms with Gasteiger partial charge in [-0.1, -0.05) is 46.3 Å². The van der Waals surface area contributed by atoms with Crippen LogP contribution >= 0.6 is 15.9 Å². The summed E-state index contributed by atoms with van der Waals surface area (Å²) in [6.07, 6.45) is 2.82. The highest BCUT2D eigenvalue weighted by Crippen LogP contribution is 2.24. The molecular formula is C20H15BrN2O3. The van der Waals surface area contributed by atoms with Crippen molar-refractivity contribution < 1.29 is 14.0 Å². The van der Waals surface area contributed by atoms with Crippen molar-refractivity contribution in [3.8, 4) is 11.3 Å². The lowest BCUT2D eigenvalue weighted by Gasteiger charge is -2.04. The second kappa shape index (κ2) is 8.31. The van der Waals surface area contributed by atoms with Gasteiger partial charge in [-0.05, 0) is 42.5 Å². The van der Waals surface area contributed by atoms with Crippen molar-refractivity contribution >= 4 is 33.8 Å². The Morgan fingerprint density at radius 3 is 2.35 bits per heavy atom. The fourth-order valence-corrected chi connectivity index (χ4v) is 2.46. The van der Waals surface area contributed by atoms with Gasteiger partial charge in [-0.25, -0.2) is 0 Å². The van der Waals surface area contributed by atoms with Gasteiger partial charge in [0.05, 0.1) is 0 Å². The van der Waals surface area contributed by atoms with Gasteiger partial charge >= 0.3 is 0 Å². The summed E-state index contributed by atoms with van der Waals surface area (Å²) in [5, 5.41) is 0. The largest absolute Gasteiger partial charge is 0.457 e. The topological polar surface area (TPSA) is 71.3 Å². The first kappa shape index (κ1) is 17.7. The van der Waals surface area contributed by atoms with E-state index in [0.717, 1.165) is 10.0 Å². The van der Waals surface area contributed by atoms with Gasteiger partial charge < -0.3 is 4.42 Å². The average molecular weight is 411 g/mol. The predicted octanol–water partition coefficient (Wildman–Crippen LogP) is 4.18. The minimum absolute atomic E-state index is 0.386. The molecule has 0 radical (unpaired) electrons. The van der Waals surface area contributed by atoms with E-state index >= 15 is 0 Å². The Kier molecular flexibility index (Phi) is 5.66. The summed E-state index contributed by atoms with van der Waals surface area (Å²) >= 11 is 3.39. The summed E-state index contributed by atoms with van der Waals surface area (Å²) in [5.41, 5.74) is 6.07. The van der Waals surface area contributed by atoms with Crippen LogP contribution in [0, 0.1) is 0 Å². The van der Waals surface area contributed by atoms with Crippen LogP contribution in [0.3, 0.4) is 0 Å². The molecule has 3 aromatic rings. The van der Waals surface area contributed by atoms with E-state index < -0.39 is 5.91 Å². The first-order valence-electron chi connectivity index (χ1n) is 7.81. The van der Waals surface area contributed by atoms with Gasteiger partial charge in [-0.2, -0.15) is 0 Å². The van der Waals surface area contributed by atoms with E-state index in [1.54, 1.807) is 30.3 Å². The van der Waals surface area contributed by atoms with E-state index in [4.69, 9.17) is 4.42 Å². The molecule has 6 heteroatoms. The molecule has 0 saturated heterocycles. The number of halogens is 1. The quantitative estimate of drug-likeness (QED) is 0.500. The molecule has 3 rings (SSSR count). The third-order valence-corrected chi connectivity index (χ3v) is 4.02. The van der Waals surface area contributed by atoms with Crippen molar-refractivity contribution in [3.05, 3.63) is 88.6 Å². The number of hydrogen-bond acceptors (Lipinski definition) is 3. The van der Waals surface area contributed by atoms with Crippen LogP contribution in [0.15, 0.2) is 81.7 Å². The molecule has 0 atom stereocenters. The van der Waals surface area contributed by atoms with Gasteiger partial charge in [0.2, 0.25) is 0 Å². The lowest BCUT2D eigenvalue weighted by Crippen LogP contribution is -2.40. The number of nitrogens with one attached hydrogen (secondary N) is 2. The number of carbonyl (C=O) groups excluding carboxylic acids is 2. The smallest absolute Gasteiger partial charge is 0.269 e. The van der Waals surface area contributed by atoms with Crippen molar-refractivity contribution in [1.29, 1.82) is 0 Å². The molecule has 2 amide bonds. The third kappa shape index (κ3) is 4.70. The molecule has 130 valence electrons. The molecule has 1 heterocycles. The number of amides is 2. The van der Waals surface area contributed by atoms with Crippen molar-refractivity contribution in [2.24, 2.45) is 0 Å². The summed E-state index contributed by atoms with van der Waals surface area (Å²) in [6.45, 7) is 0. The van der Waals surface area contributed by atoms with Crippen molar-refractivity contribution in [2.75, 3.05) is 0 Å². The highest BCUT2D eigenvalue weighted by Gasteiger charge is 2.06. The fraction of sp³-hybridized carbons (Fsp3) is 0. The molecule has 5 nitrogen and oxygen atoms in total. The number of hydrogen-bond donors (Lipinski definition) is 2. The maximum atomic E-state index is 11.8. The van der Waals surface area contributed by atoms with Crippen LogP contribution in [0.5, 0.6) is 0 Å². The Morgan fingerprint density at radius 2 is 1.62 bits per heavy atom. The van der Waals surface area contributed by atoms with Gasteiger partial charge in [-0.3, -0.25) is 20.4 Å². The lowest BCUT2D eigenvalue weighted by atomic mass is 10.2. The zero-order valence-corrected chi connectivity index (χ0v) is 15.2. The second-order valence-electron chi connectivity index (χ2n) is 5.35. The maximum Gasteiger partial charge on any atom is 0.269 e. The highest BCUT2D eigenvalue weighted by molar-refractivity contribution is 9.10. The number of rotatable bonds is 4. The van der Waals surface area contributed by atoms with E-state index in [1.807, 2.05) is 36.4 Å². The van der Waals surface area contributed by atoms with Crippen molar-refractivity contribution in [1.82, 2.24) is 10.9 Å². The first-order valence-corrected chi connectivity index (χ1v) is 8.60. The predicted molar refractivity (Wildman–Crippen MR) is 103 cm³/mol. The SMILES string of the molecule is O=C(/C=C/c1ccc(-c2ccc(Br)cc2)o1)NNC(=O)c1ccccc1. The fourth-order valence-electron chi connectivity index (χ4n) is 2.19. The lowest BCUT2D eigenvalue weighted by molar-refractivity contribution is -0.117. The van der Waals surface area contributed by atoms with E-state index in [2.05, 4.69) is 26.8 Å². The zero-order chi connectivity index (χ0) is 18.4. The van der Waals surface area contributed by atoms with Crippen LogP contribution in [0.2, 0.25) is 0 Å². The highest BCUT2D eigenvalue weighted by atomic mass is 79.9.